The number of unbranched alkanes of at least 4 members (excludes halogenated alkanes) is 2. The lowest BCUT2D eigenvalue weighted by Crippen LogP contribution is -2.45. The molecule has 0 spiro atoms. The van der Waals surface area contributed by atoms with Gasteiger partial charge in [0.1, 0.15) is 17.1 Å². The van der Waals surface area contributed by atoms with E-state index in [0.717, 1.165) is 37.4 Å². The Morgan fingerprint density at radius 3 is 2.53 bits per heavy atom. The maximum Gasteiger partial charge on any atom is 0.229 e. The molecule has 3 nitrogen and oxygen atoms in total. The smallest absolute Gasteiger partial charge is 0.229 e. The van der Waals surface area contributed by atoms with Gasteiger partial charge in [-0.25, -0.2) is 0 Å². The van der Waals surface area contributed by atoms with Crippen molar-refractivity contribution >= 4 is 18.1 Å². The van der Waals surface area contributed by atoms with Crippen molar-refractivity contribution in [1.29, 1.82) is 0 Å². The molecular formula is C25H42O3Si2. The van der Waals surface area contributed by atoms with Gasteiger partial charge >= 0.3 is 0 Å². The summed E-state index contributed by atoms with van der Waals surface area (Å²) in [6.07, 6.45) is 9.62. The second-order valence-electron chi connectivity index (χ2n) is 10.2. The van der Waals surface area contributed by atoms with E-state index in [0.29, 0.717) is 11.8 Å². The fraction of sp³-hybridized carbons (Fsp3) is 0.680. The van der Waals surface area contributed by atoms with E-state index in [-0.39, 0.29) is 5.60 Å². The number of hydrogen-bond donors (Lipinski definition) is 0. The van der Waals surface area contributed by atoms with E-state index in [4.69, 9.17) is 13.6 Å². The van der Waals surface area contributed by atoms with Crippen molar-refractivity contribution in [3.63, 3.8) is 0 Å². The molecule has 168 valence electrons. The van der Waals surface area contributed by atoms with Crippen LogP contribution in [0.25, 0.3) is 0 Å². The van der Waals surface area contributed by atoms with Crippen LogP contribution < -0.4 is 9.16 Å². The normalized spacial score (nSPS) is 22.4. The first kappa shape index (κ1) is 23.6. The van der Waals surface area contributed by atoms with Crippen LogP contribution in [0.5, 0.6) is 11.5 Å². The molecule has 2 atom stereocenters. The van der Waals surface area contributed by atoms with Gasteiger partial charge in [0.15, 0.2) is 9.04 Å². The third-order valence-corrected chi connectivity index (χ3v) is 7.98. The van der Waals surface area contributed by atoms with Crippen LogP contribution >= 0.6 is 0 Å². The summed E-state index contributed by atoms with van der Waals surface area (Å²) in [5.41, 5.74) is 3.94. The van der Waals surface area contributed by atoms with Crippen LogP contribution in [0.4, 0.5) is 0 Å². The van der Waals surface area contributed by atoms with E-state index in [9.17, 15) is 0 Å². The Morgan fingerprint density at radius 1 is 1.10 bits per heavy atom. The summed E-state index contributed by atoms with van der Waals surface area (Å²) in [6, 6.07) is 4.62. The average molecular weight is 447 g/mol. The van der Waals surface area contributed by atoms with Crippen molar-refractivity contribution in [2.45, 2.75) is 97.0 Å². The molecule has 3 rings (SSSR count). The van der Waals surface area contributed by atoms with Gasteiger partial charge < -0.3 is 13.6 Å². The van der Waals surface area contributed by atoms with E-state index in [1.807, 2.05) is 0 Å². The van der Waals surface area contributed by atoms with Crippen LogP contribution in [0.3, 0.4) is 0 Å². The molecule has 1 aromatic carbocycles. The van der Waals surface area contributed by atoms with Crippen molar-refractivity contribution < 1.29 is 13.6 Å². The maximum atomic E-state index is 6.67. The highest BCUT2D eigenvalue weighted by Gasteiger charge is 2.45. The zero-order valence-corrected chi connectivity index (χ0v) is 22.5. The number of aryl methyl sites for hydroxylation is 1. The van der Waals surface area contributed by atoms with Gasteiger partial charge in [-0.15, -0.1) is 0 Å². The highest BCUT2D eigenvalue weighted by molar-refractivity contribution is 6.49. The number of hydrogen-bond acceptors (Lipinski definition) is 3. The summed E-state index contributed by atoms with van der Waals surface area (Å²) < 4.78 is 19.3. The van der Waals surface area contributed by atoms with Gasteiger partial charge in [0.2, 0.25) is 9.04 Å². The van der Waals surface area contributed by atoms with E-state index >= 15 is 0 Å². The molecule has 0 amide bonds. The zero-order valence-electron chi connectivity index (χ0n) is 20.2. The SMILES string of the molecule is CCCCCc1cc(O[SiH](C)C)c2c(c1)OC(C)(C)[C@@H]1CCC(CO[SiH](C)C)=C[C@@H]21. The first-order chi connectivity index (χ1) is 14.2. The molecule has 0 bridgehead atoms. The van der Waals surface area contributed by atoms with E-state index in [1.165, 1.54) is 36.0 Å². The Balaban J connectivity index is 2.01. The van der Waals surface area contributed by atoms with Gasteiger partial charge in [-0.1, -0.05) is 25.8 Å². The standard InChI is InChI=1S/C25H42O3Si2/c1-8-9-10-11-18-15-22-24(23(16-18)28-30(6)7)20-14-19(17-26-29(4)5)12-13-21(20)25(2,3)27-22/h14-16,20-21,29-30H,8-13,17H2,1-7H3/t20-,21-/m1/s1. The summed E-state index contributed by atoms with van der Waals surface area (Å²) in [4.78, 5) is 0. The molecule has 0 saturated heterocycles. The van der Waals surface area contributed by atoms with Crippen LogP contribution in [0.1, 0.15) is 69.9 Å². The summed E-state index contributed by atoms with van der Waals surface area (Å²) >= 11 is 0. The molecule has 1 aromatic rings. The monoisotopic (exact) mass is 446 g/mol. The summed E-state index contributed by atoms with van der Waals surface area (Å²) in [5.74, 6) is 2.98. The van der Waals surface area contributed by atoms with Crippen molar-refractivity contribution in [1.82, 2.24) is 0 Å². The Hall–Kier alpha value is -1.05. The molecule has 1 aliphatic heterocycles. The van der Waals surface area contributed by atoms with Crippen molar-refractivity contribution in [2.24, 2.45) is 5.92 Å². The maximum absolute atomic E-state index is 6.67. The van der Waals surface area contributed by atoms with Gasteiger partial charge in [-0.2, -0.15) is 0 Å². The van der Waals surface area contributed by atoms with Crippen LogP contribution in [-0.4, -0.2) is 30.3 Å². The quantitative estimate of drug-likeness (QED) is 0.250. The van der Waals surface area contributed by atoms with Crippen LogP contribution in [-0.2, 0) is 10.8 Å². The second kappa shape index (κ2) is 10.0. The number of allylic oxidation sites excluding steroid dienone is 1. The molecule has 0 unspecified atom stereocenters. The highest BCUT2D eigenvalue weighted by Crippen LogP contribution is 2.53. The minimum absolute atomic E-state index is 0.165. The van der Waals surface area contributed by atoms with Gasteiger partial charge in [0.25, 0.3) is 0 Å². The Morgan fingerprint density at radius 2 is 1.87 bits per heavy atom. The number of rotatable bonds is 9. The first-order valence-corrected chi connectivity index (χ1v) is 17.6. The lowest BCUT2D eigenvalue weighted by Gasteiger charge is -2.47. The number of ether oxygens (including phenoxy) is 1. The molecule has 5 heteroatoms. The van der Waals surface area contributed by atoms with Crippen LogP contribution in [0.2, 0.25) is 26.2 Å². The lowest BCUT2D eigenvalue weighted by molar-refractivity contribution is 0.0104. The fourth-order valence-corrected chi connectivity index (χ4v) is 6.19. The van der Waals surface area contributed by atoms with E-state index in [1.54, 1.807) is 0 Å². The van der Waals surface area contributed by atoms with Gasteiger partial charge in [0.05, 0.1) is 6.61 Å². The Bertz CT molecular complexity index is 738. The molecule has 0 saturated carbocycles. The summed E-state index contributed by atoms with van der Waals surface area (Å²) in [7, 11) is -2.23. The minimum Gasteiger partial charge on any atom is -0.547 e. The zero-order chi connectivity index (χ0) is 21.9. The molecule has 0 fully saturated rings. The third-order valence-electron chi connectivity index (χ3n) is 6.42. The average Bonchev–Trinajstić information content (AvgIpc) is 2.65. The first-order valence-electron chi connectivity index (χ1n) is 12.0. The summed E-state index contributed by atoms with van der Waals surface area (Å²) in [5, 5.41) is 0. The highest BCUT2D eigenvalue weighted by atomic mass is 28.3. The number of benzene rings is 1. The molecule has 2 aliphatic rings. The minimum atomic E-state index is -1.22. The molecule has 0 radical (unpaired) electrons. The predicted octanol–water partition coefficient (Wildman–Crippen LogP) is 6.37. The van der Waals surface area contributed by atoms with Crippen LogP contribution in [0, 0.1) is 5.92 Å². The molecular weight excluding hydrogens is 404 g/mol. The van der Waals surface area contributed by atoms with Gasteiger partial charge in [0, 0.05) is 17.4 Å². The second-order valence-corrected chi connectivity index (χ2v) is 15.0. The largest absolute Gasteiger partial charge is 0.547 e. The third kappa shape index (κ3) is 5.60. The molecule has 1 heterocycles. The number of fused-ring (bicyclic) bond motifs is 3. The van der Waals surface area contributed by atoms with Gasteiger partial charge in [-0.05, 0) is 89.0 Å². The molecule has 1 aliphatic carbocycles. The van der Waals surface area contributed by atoms with E-state index in [2.05, 4.69) is 65.2 Å². The van der Waals surface area contributed by atoms with E-state index < -0.39 is 18.1 Å². The molecule has 30 heavy (non-hydrogen) atoms. The molecule has 0 aromatic heterocycles. The lowest BCUT2D eigenvalue weighted by atomic mass is 9.68. The van der Waals surface area contributed by atoms with Crippen LogP contribution in [0.15, 0.2) is 23.8 Å². The van der Waals surface area contributed by atoms with Crippen molar-refractivity contribution in [2.75, 3.05) is 6.61 Å². The Labute approximate surface area is 187 Å². The van der Waals surface area contributed by atoms with Gasteiger partial charge in [-0.3, -0.25) is 0 Å². The Kier molecular flexibility index (Phi) is 7.91. The van der Waals surface area contributed by atoms with Crippen molar-refractivity contribution in [3.8, 4) is 11.5 Å². The predicted molar refractivity (Wildman–Crippen MR) is 132 cm³/mol. The topological polar surface area (TPSA) is 27.7 Å². The fourth-order valence-electron chi connectivity index (χ4n) is 4.93. The molecule has 0 N–H and O–H groups in total. The van der Waals surface area contributed by atoms with Crippen molar-refractivity contribution in [3.05, 3.63) is 34.9 Å². The summed E-state index contributed by atoms with van der Waals surface area (Å²) in [6.45, 7) is 16.6.